The number of phenolic OH excluding ortho intramolecular Hbond substituents is 1. The van der Waals surface area contributed by atoms with Crippen molar-refractivity contribution in [1.29, 1.82) is 0 Å². The van der Waals surface area contributed by atoms with Crippen molar-refractivity contribution in [2.24, 2.45) is 10.3 Å². The van der Waals surface area contributed by atoms with Gasteiger partial charge in [0.15, 0.2) is 5.75 Å². The Kier molecular flexibility index (Phi) is 6.94. The van der Waals surface area contributed by atoms with Crippen LogP contribution in [0.25, 0.3) is 11.1 Å². The summed E-state index contributed by atoms with van der Waals surface area (Å²) in [5.74, 6) is -0.863. The predicted molar refractivity (Wildman–Crippen MR) is 116 cm³/mol. The maximum atomic E-state index is 12.6. The topological polar surface area (TPSA) is 122 Å². The molecule has 0 saturated carbocycles. The number of hydrogen-bond acceptors (Lipinski definition) is 5. The molecule has 1 amide bonds. The molecule has 0 aromatic heterocycles. The van der Waals surface area contributed by atoms with Crippen molar-refractivity contribution >= 4 is 28.5 Å². The van der Waals surface area contributed by atoms with Gasteiger partial charge in [-0.25, -0.2) is 9.35 Å². The Bertz CT molecular complexity index is 1120. The number of nitrogens with two attached hydrogens (primary N) is 1. The van der Waals surface area contributed by atoms with Crippen molar-refractivity contribution < 1.29 is 14.1 Å². The lowest BCUT2D eigenvalue weighted by Crippen LogP contribution is -2.23. The van der Waals surface area contributed by atoms with Gasteiger partial charge in [-0.2, -0.15) is 4.91 Å². The zero-order chi connectivity index (χ0) is 21.7. The Balaban J connectivity index is 1.81. The molecule has 154 valence electrons. The van der Waals surface area contributed by atoms with Crippen LogP contribution in [0, 0.1) is 4.91 Å². The third-order valence-electron chi connectivity index (χ3n) is 4.48. The quantitative estimate of drug-likeness (QED) is 0.479. The first-order valence-corrected chi connectivity index (χ1v) is 10.4. The first-order valence-electron chi connectivity index (χ1n) is 8.84. The molecular weight excluding hydrogens is 426 g/mol. The Morgan fingerprint density at radius 3 is 2.50 bits per heavy atom. The number of carbonyl (C=O) groups is 1. The van der Waals surface area contributed by atoms with E-state index >= 15 is 0 Å². The van der Waals surface area contributed by atoms with E-state index in [0.29, 0.717) is 0 Å². The smallest absolute Gasteiger partial charge is 0.251 e. The third-order valence-corrected chi connectivity index (χ3v) is 5.51. The van der Waals surface area contributed by atoms with E-state index in [1.165, 1.54) is 12.1 Å². The Hall–Kier alpha value is -3.07. The predicted octanol–water partition coefficient (Wildman–Crippen LogP) is 3.89. The molecule has 3 aromatic rings. The fourth-order valence-corrected chi connectivity index (χ4v) is 3.78. The maximum absolute atomic E-state index is 12.6. The fraction of sp³-hybridized carbons (Fsp3) is 0.0952. The van der Waals surface area contributed by atoms with Gasteiger partial charge in [-0.1, -0.05) is 65.3 Å². The lowest BCUT2D eigenvalue weighted by Gasteiger charge is -2.12. The van der Waals surface area contributed by atoms with Crippen molar-refractivity contribution in [1.82, 2.24) is 5.32 Å². The average molecular weight is 444 g/mol. The highest BCUT2D eigenvalue weighted by molar-refractivity contribution is 7.82. The van der Waals surface area contributed by atoms with Gasteiger partial charge in [0.2, 0.25) is 0 Å². The molecule has 0 bridgehead atoms. The number of nitroso groups, excluding NO2 is 1. The number of hydrogen-bond donors (Lipinski definition) is 3. The zero-order valence-corrected chi connectivity index (χ0v) is 17.2. The van der Waals surface area contributed by atoms with Gasteiger partial charge in [-0.15, -0.1) is 0 Å². The molecule has 4 N–H and O–H groups in total. The normalized spacial score (nSPS) is 11.7. The largest absolute Gasteiger partial charge is 0.505 e. The Morgan fingerprint density at radius 1 is 1.13 bits per heavy atom. The van der Waals surface area contributed by atoms with Crippen LogP contribution >= 0.6 is 11.6 Å². The van der Waals surface area contributed by atoms with E-state index in [1.807, 2.05) is 48.5 Å². The van der Waals surface area contributed by atoms with E-state index in [-0.39, 0.29) is 28.6 Å². The van der Waals surface area contributed by atoms with E-state index in [1.54, 1.807) is 0 Å². The summed E-state index contributed by atoms with van der Waals surface area (Å²) in [6, 6.07) is 17.6. The van der Waals surface area contributed by atoms with Gasteiger partial charge in [0.05, 0.1) is 9.92 Å². The van der Waals surface area contributed by atoms with Crippen LogP contribution in [0.1, 0.15) is 21.5 Å². The molecule has 3 aromatic carbocycles. The van der Waals surface area contributed by atoms with Crippen molar-refractivity contribution in [3.05, 3.63) is 87.3 Å². The number of amides is 1. The second kappa shape index (κ2) is 9.62. The van der Waals surface area contributed by atoms with Crippen LogP contribution in [0.5, 0.6) is 5.75 Å². The molecule has 1 atom stereocenters. The summed E-state index contributed by atoms with van der Waals surface area (Å²) in [7, 11) is -1.99. The average Bonchev–Trinajstić information content (AvgIpc) is 2.74. The summed E-state index contributed by atoms with van der Waals surface area (Å²) in [6.07, 6.45) is 0. The number of nitrogens with zero attached hydrogens (tertiary/aromatic N) is 1. The number of halogens is 1. The molecule has 0 heterocycles. The fourth-order valence-electron chi connectivity index (χ4n) is 2.96. The van der Waals surface area contributed by atoms with Crippen molar-refractivity contribution in [3.63, 3.8) is 0 Å². The molecule has 7 nitrogen and oxygen atoms in total. The van der Waals surface area contributed by atoms with Crippen LogP contribution in [0.2, 0.25) is 5.02 Å². The first-order chi connectivity index (χ1) is 14.4. The number of nitrogens with one attached hydrogen (secondary N) is 1. The second-order valence-electron chi connectivity index (χ2n) is 6.43. The molecule has 1 unspecified atom stereocenters. The van der Waals surface area contributed by atoms with Gasteiger partial charge in [-0.3, -0.25) is 4.79 Å². The van der Waals surface area contributed by atoms with Crippen LogP contribution in [0.3, 0.4) is 0 Å². The molecule has 3 rings (SSSR count). The number of benzene rings is 3. The van der Waals surface area contributed by atoms with E-state index in [2.05, 4.69) is 10.5 Å². The molecule has 9 heteroatoms. The van der Waals surface area contributed by atoms with E-state index in [9.17, 15) is 19.0 Å². The lowest BCUT2D eigenvalue weighted by molar-refractivity contribution is 0.0950. The molecule has 0 aliphatic heterocycles. The van der Waals surface area contributed by atoms with Gasteiger partial charge in [0, 0.05) is 12.1 Å². The minimum absolute atomic E-state index is 0.109. The van der Waals surface area contributed by atoms with Crippen LogP contribution < -0.4 is 10.5 Å². The zero-order valence-electron chi connectivity index (χ0n) is 15.7. The summed E-state index contributed by atoms with van der Waals surface area (Å²) >= 11 is 5.92. The highest BCUT2D eigenvalue weighted by atomic mass is 35.5. The second-order valence-corrected chi connectivity index (χ2v) is 7.87. The van der Waals surface area contributed by atoms with Gasteiger partial charge in [0.1, 0.15) is 17.5 Å². The van der Waals surface area contributed by atoms with E-state index < -0.39 is 22.6 Å². The number of aromatic hydroxyl groups is 1. The Labute approximate surface area is 180 Å². The van der Waals surface area contributed by atoms with Gasteiger partial charge in [0.25, 0.3) is 5.91 Å². The van der Waals surface area contributed by atoms with Crippen molar-refractivity contribution in [2.45, 2.75) is 18.0 Å². The van der Waals surface area contributed by atoms with Crippen LogP contribution in [0.4, 0.5) is 0 Å². The van der Waals surface area contributed by atoms with Crippen molar-refractivity contribution in [2.75, 3.05) is 0 Å². The van der Waals surface area contributed by atoms with Crippen molar-refractivity contribution in [3.8, 4) is 16.9 Å². The van der Waals surface area contributed by atoms with Gasteiger partial charge >= 0.3 is 0 Å². The van der Waals surface area contributed by atoms with E-state index in [0.717, 1.165) is 22.3 Å². The molecule has 0 fully saturated rings. The summed E-state index contributed by atoms with van der Waals surface area (Å²) < 4.78 is 11.6. The molecule has 0 spiro atoms. The highest BCUT2D eigenvalue weighted by Crippen LogP contribution is 2.31. The minimum atomic E-state index is -1.99. The first kappa shape index (κ1) is 21.6. The maximum Gasteiger partial charge on any atom is 0.251 e. The highest BCUT2D eigenvalue weighted by Gasteiger charge is 2.16. The molecule has 0 saturated heterocycles. The van der Waals surface area contributed by atoms with Gasteiger partial charge < -0.3 is 10.4 Å². The summed E-state index contributed by atoms with van der Waals surface area (Å²) in [6.45, 7) is 0.342. The number of carbonyl (C=O) groups excluding carboxylic acids is 1. The molecule has 0 aliphatic carbocycles. The van der Waals surface area contributed by atoms with Crippen LogP contribution in [-0.4, -0.2) is 15.2 Å². The summed E-state index contributed by atoms with van der Waals surface area (Å²) in [5.41, 5.74) is 3.69. The van der Waals surface area contributed by atoms with E-state index in [4.69, 9.17) is 16.7 Å². The molecule has 0 radical (unpaired) electrons. The van der Waals surface area contributed by atoms with Crippen LogP contribution in [-0.2, 0) is 24.1 Å². The summed E-state index contributed by atoms with van der Waals surface area (Å²) in [5, 5.41) is 20.7. The molecule has 30 heavy (non-hydrogen) atoms. The summed E-state index contributed by atoms with van der Waals surface area (Å²) in [4.78, 5) is 22.9. The monoisotopic (exact) mass is 443 g/mol. The van der Waals surface area contributed by atoms with Crippen LogP contribution in [0.15, 0.2) is 70.7 Å². The number of rotatable bonds is 7. The minimum Gasteiger partial charge on any atom is -0.505 e. The lowest BCUT2D eigenvalue weighted by atomic mass is 9.98. The third kappa shape index (κ3) is 4.91. The Morgan fingerprint density at radius 2 is 1.83 bits per heavy atom. The SMILES string of the molecule is NS(=O)c1cc(C(=O)NCc2ccccc2-c2ccc(CN=O)cc2)cc(Cl)c1O. The molecular formula is C21H18ClN3O4S. The standard InChI is InChI=1S/C21H18ClN3O4S/c22-18-9-16(10-19(20(18)26)30(23)29)21(27)24-12-15-3-1-2-4-17(15)14-7-5-13(6-8-14)11-25-28/h1-10,26H,11-12,23H2,(H,24,27). The number of phenols is 1. The van der Waals surface area contributed by atoms with Gasteiger partial charge in [-0.05, 0) is 34.4 Å². The molecule has 0 aliphatic rings.